The van der Waals surface area contributed by atoms with Crippen LogP contribution in [0.5, 0.6) is 0 Å². The average molecular weight is 372 g/mol. The van der Waals surface area contributed by atoms with Crippen molar-refractivity contribution in [1.82, 2.24) is 24.3 Å². The minimum absolute atomic E-state index is 0.0969. The first kappa shape index (κ1) is 19.9. The second-order valence-corrected chi connectivity index (χ2v) is 8.20. The number of H-pyrrole nitrogens is 1. The smallest absolute Gasteiger partial charge is 0.246 e. The summed E-state index contributed by atoms with van der Waals surface area (Å²) in [4.78, 5) is 16.6. The number of aryl methyl sites for hydroxylation is 2. The van der Waals surface area contributed by atoms with Crippen LogP contribution in [0.2, 0.25) is 0 Å². The molecule has 25 heavy (non-hydrogen) atoms. The van der Waals surface area contributed by atoms with E-state index in [9.17, 15) is 13.2 Å². The van der Waals surface area contributed by atoms with Crippen molar-refractivity contribution in [3.05, 3.63) is 11.4 Å². The van der Waals surface area contributed by atoms with Crippen LogP contribution in [0.1, 0.15) is 31.7 Å². The summed E-state index contributed by atoms with van der Waals surface area (Å²) in [6.45, 7) is 11.7. The molecule has 0 unspecified atom stereocenters. The van der Waals surface area contributed by atoms with E-state index in [-0.39, 0.29) is 10.8 Å². The molecular weight excluding hydrogens is 342 g/mol. The molecule has 8 nitrogen and oxygen atoms in total. The van der Waals surface area contributed by atoms with Gasteiger partial charge in [-0.2, -0.15) is 9.40 Å². The Labute approximate surface area is 150 Å². The predicted octanol–water partition coefficient (Wildman–Crippen LogP) is 0.591. The maximum Gasteiger partial charge on any atom is 0.246 e. The standard InChI is InChI=1S/C16H29N5O3S/c1-5-19(6-2)8-7-15(22)20-9-11-21(12-10-20)25(23,24)16-13(3)17-18-14(16)4/h5-12H2,1-4H3,(H,17,18). The van der Waals surface area contributed by atoms with Crippen molar-refractivity contribution >= 4 is 15.9 Å². The van der Waals surface area contributed by atoms with Gasteiger partial charge in [0.25, 0.3) is 0 Å². The van der Waals surface area contributed by atoms with Crippen LogP contribution in [0, 0.1) is 13.8 Å². The Hall–Kier alpha value is -1.45. The van der Waals surface area contributed by atoms with Gasteiger partial charge in [0.15, 0.2) is 0 Å². The van der Waals surface area contributed by atoms with Crippen LogP contribution in [0.4, 0.5) is 0 Å². The Bertz CT molecular complexity index is 669. The molecule has 0 radical (unpaired) electrons. The Morgan fingerprint density at radius 2 is 1.76 bits per heavy atom. The van der Waals surface area contributed by atoms with Crippen LogP contribution in [0.15, 0.2) is 4.90 Å². The number of piperazine rings is 1. The van der Waals surface area contributed by atoms with Crippen LogP contribution in [-0.4, -0.2) is 84.4 Å². The summed E-state index contributed by atoms with van der Waals surface area (Å²) in [6.07, 6.45) is 0.481. The number of nitrogens with one attached hydrogen (secondary N) is 1. The number of hydrogen-bond donors (Lipinski definition) is 1. The lowest BCUT2D eigenvalue weighted by Crippen LogP contribution is -2.51. The lowest BCUT2D eigenvalue weighted by molar-refractivity contribution is -0.132. The zero-order valence-corrected chi connectivity index (χ0v) is 16.4. The number of rotatable bonds is 7. The van der Waals surface area contributed by atoms with Crippen molar-refractivity contribution in [1.29, 1.82) is 0 Å². The lowest BCUT2D eigenvalue weighted by atomic mass is 10.3. The van der Waals surface area contributed by atoms with E-state index in [2.05, 4.69) is 28.9 Å². The minimum Gasteiger partial charge on any atom is -0.340 e. The van der Waals surface area contributed by atoms with E-state index < -0.39 is 10.0 Å². The van der Waals surface area contributed by atoms with Gasteiger partial charge in [-0.1, -0.05) is 13.8 Å². The first-order valence-corrected chi connectivity index (χ1v) is 10.3. The van der Waals surface area contributed by atoms with Crippen LogP contribution in [0.25, 0.3) is 0 Å². The summed E-state index contributed by atoms with van der Waals surface area (Å²) >= 11 is 0. The summed E-state index contributed by atoms with van der Waals surface area (Å²) in [7, 11) is -3.57. The van der Waals surface area contributed by atoms with E-state index in [4.69, 9.17) is 0 Å². The van der Waals surface area contributed by atoms with Crippen LogP contribution in [0.3, 0.4) is 0 Å². The third-order valence-corrected chi connectivity index (χ3v) is 6.95. The van der Waals surface area contributed by atoms with Gasteiger partial charge < -0.3 is 9.80 Å². The number of hydrogen-bond acceptors (Lipinski definition) is 5. The van der Waals surface area contributed by atoms with Crippen molar-refractivity contribution in [3.8, 4) is 0 Å². The summed E-state index contributed by atoms with van der Waals surface area (Å²) in [5.41, 5.74) is 1.03. The number of carbonyl (C=O) groups is 1. The average Bonchev–Trinajstić information content (AvgIpc) is 2.95. The van der Waals surface area contributed by atoms with Gasteiger partial charge in [-0.3, -0.25) is 9.89 Å². The molecule has 0 atom stereocenters. The monoisotopic (exact) mass is 371 g/mol. The number of aromatic amines is 1. The van der Waals surface area contributed by atoms with Gasteiger partial charge >= 0.3 is 0 Å². The van der Waals surface area contributed by atoms with Crippen molar-refractivity contribution in [2.75, 3.05) is 45.8 Å². The van der Waals surface area contributed by atoms with Gasteiger partial charge in [-0.25, -0.2) is 8.42 Å². The molecule has 0 saturated carbocycles. The zero-order valence-electron chi connectivity index (χ0n) is 15.6. The molecule has 9 heteroatoms. The highest BCUT2D eigenvalue weighted by Crippen LogP contribution is 2.22. The van der Waals surface area contributed by atoms with Crippen LogP contribution >= 0.6 is 0 Å². The molecule has 1 aliphatic heterocycles. The molecule has 0 bridgehead atoms. The lowest BCUT2D eigenvalue weighted by Gasteiger charge is -2.34. The van der Waals surface area contributed by atoms with Gasteiger partial charge in [-0.05, 0) is 26.9 Å². The summed E-state index contributed by atoms with van der Waals surface area (Å²) in [6, 6.07) is 0. The van der Waals surface area contributed by atoms with Gasteiger partial charge in [0.05, 0.1) is 11.4 Å². The highest BCUT2D eigenvalue weighted by molar-refractivity contribution is 7.89. The quantitative estimate of drug-likeness (QED) is 0.758. The second-order valence-electron chi connectivity index (χ2n) is 6.32. The normalized spacial score (nSPS) is 16.6. The fourth-order valence-corrected chi connectivity index (χ4v) is 4.93. The van der Waals surface area contributed by atoms with Crippen molar-refractivity contribution in [2.24, 2.45) is 0 Å². The molecule has 1 amide bonds. The zero-order chi connectivity index (χ0) is 18.6. The number of amides is 1. The highest BCUT2D eigenvalue weighted by Gasteiger charge is 2.33. The second kappa shape index (κ2) is 8.29. The Morgan fingerprint density at radius 1 is 1.16 bits per heavy atom. The van der Waals surface area contributed by atoms with E-state index in [0.29, 0.717) is 44.0 Å². The minimum atomic E-state index is -3.57. The molecular formula is C16H29N5O3S. The van der Waals surface area contributed by atoms with Gasteiger partial charge in [-0.15, -0.1) is 0 Å². The van der Waals surface area contributed by atoms with Gasteiger partial charge in [0.1, 0.15) is 4.90 Å². The first-order chi connectivity index (χ1) is 11.8. The van der Waals surface area contributed by atoms with E-state index in [0.717, 1.165) is 19.6 Å². The largest absolute Gasteiger partial charge is 0.340 e. The molecule has 1 aromatic rings. The maximum atomic E-state index is 12.8. The highest BCUT2D eigenvalue weighted by atomic mass is 32.2. The Balaban J connectivity index is 1.94. The van der Waals surface area contributed by atoms with Crippen molar-refractivity contribution in [2.45, 2.75) is 39.0 Å². The summed E-state index contributed by atoms with van der Waals surface area (Å²) < 4.78 is 27.1. The van der Waals surface area contributed by atoms with Crippen LogP contribution < -0.4 is 0 Å². The molecule has 1 aromatic heterocycles. The fraction of sp³-hybridized carbons (Fsp3) is 0.750. The third-order valence-electron chi connectivity index (χ3n) is 4.79. The Kier molecular flexibility index (Phi) is 6.59. The number of nitrogens with zero attached hydrogens (tertiary/aromatic N) is 4. The van der Waals surface area contributed by atoms with Crippen molar-refractivity contribution < 1.29 is 13.2 Å². The molecule has 0 aromatic carbocycles. The summed E-state index contributed by atoms with van der Waals surface area (Å²) in [5, 5.41) is 6.70. The van der Waals surface area contributed by atoms with Crippen molar-refractivity contribution in [3.63, 3.8) is 0 Å². The maximum absolute atomic E-state index is 12.8. The molecule has 142 valence electrons. The fourth-order valence-electron chi connectivity index (χ4n) is 3.18. The molecule has 0 aliphatic carbocycles. The van der Waals surface area contributed by atoms with Crippen LogP contribution in [-0.2, 0) is 14.8 Å². The molecule has 1 N–H and O–H groups in total. The molecule has 0 spiro atoms. The first-order valence-electron chi connectivity index (χ1n) is 8.83. The van der Waals surface area contributed by atoms with Gasteiger partial charge in [0, 0.05) is 39.1 Å². The summed E-state index contributed by atoms with van der Waals surface area (Å²) in [5.74, 6) is 0.0969. The van der Waals surface area contributed by atoms with E-state index in [1.807, 2.05) is 0 Å². The number of aromatic nitrogens is 2. The molecule has 1 aliphatic rings. The van der Waals surface area contributed by atoms with E-state index in [1.54, 1.807) is 18.7 Å². The Morgan fingerprint density at radius 3 is 2.24 bits per heavy atom. The molecule has 1 fully saturated rings. The third kappa shape index (κ3) is 4.39. The predicted molar refractivity (Wildman–Crippen MR) is 95.8 cm³/mol. The molecule has 1 saturated heterocycles. The number of sulfonamides is 1. The SMILES string of the molecule is CCN(CC)CCC(=O)N1CCN(S(=O)(=O)c2c(C)n[nH]c2C)CC1. The molecule has 2 heterocycles. The van der Waals surface area contributed by atoms with E-state index in [1.165, 1.54) is 4.31 Å². The number of carbonyl (C=O) groups excluding carboxylic acids is 1. The van der Waals surface area contributed by atoms with E-state index >= 15 is 0 Å². The van der Waals surface area contributed by atoms with Gasteiger partial charge in [0.2, 0.25) is 15.9 Å². The molecule has 2 rings (SSSR count). The topological polar surface area (TPSA) is 89.6 Å².